The lowest BCUT2D eigenvalue weighted by Gasteiger charge is -2.51. The van der Waals surface area contributed by atoms with Crippen LogP contribution in [0.2, 0.25) is 0 Å². The van der Waals surface area contributed by atoms with Crippen molar-refractivity contribution < 1.29 is 25.2 Å². The van der Waals surface area contributed by atoms with Crippen LogP contribution in [0.3, 0.4) is 0 Å². The molecule has 4 aliphatic rings. The van der Waals surface area contributed by atoms with Crippen LogP contribution in [0.5, 0.6) is 5.75 Å². The van der Waals surface area contributed by atoms with Gasteiger partial charge >= 0.3 is 5.97 Å². The summed E-state index contributed by atoms with van der Waals surface area (Å²) in [4.78, 5) is 13.0. The number of hydrogen-bond acceptors (Lipinski definition) is 4. The van der Waals surface area contributed by atoms with Gasteiger partial charge in [-0.3, -0.25) is 4.79 Å². The first-order valence-electron chi connectivity index (χ1n) is 17.8. The van der Waals surface area contributed by atoms with Crippen LogP contribution >= 0.6 is 0 Å². The van der Waals surface area contributed by atoms with Gasteiger partial charge in [-0.05, 0) is 128 Å². The van der Waals surface area contributed by atoms with Crippen molar-refractivity contribution >= 4 is 12.0 Å². The summed E-state index contributed by atoms with van der Waals surface area (Å²) in [5, 5.41) is 41.2. The van der Waals surface area contributed by atoms with Crippen molar-refractivity contribution in [3.05, 3.63) is 94.6 Å². The maximum atomic E-state index is 13.0. The zero-order valence-electron chi connectivity index (χ0n) is 27.2. The lowest BCUT2D eigenvalue weighted by Crippen LogP contribution is -2.51. The molecule has 5 heteroatoms. The third-order valence-corrected chi connectivity index (χ3v) is 11.8. The Labute approximate surface area is 274 Å². The van der Waals surface area contributed by atoms with Crippen LogP contribution in [0.25, 0.3) is 6.08 Å². The van der Waals surface area contributed by atoms with Crippen LogP contribution in [0, 0.1) is 23.7 Å². The number of carboxylic acid groups (broad SMARTS) is 1. The number of phenolic OH excluding ortho intramolecular Hbond substituents is 1. The normalized spacial score (nSPS) is 30.6. The van der Waals surface area contributed by atoms with Gasteiger partial charge in [0.25, 0.3) is 0 Å². The Hall–Kier alpha value is -3.15. The van der Waals surface area contributed by atoms with Gasteiger partial charge in [0.1, 0.15) is 5.75 Å². The molecular weight excluding hydrogens is 572 g/mol. The van der Waals surface area contributed by atoms with Crippen LogP contribution in [0.4, 0.5) is 0 Å². The van der Waals surface area contributed by atoms with E-state index < -0.39 is 23.4 Å². The van der Waals surface area contributed by atoms with E-state index in [9.17, 15) is 25.2 Å². The maximum Gasteiger partial charge on any atom is 0.307 e. The monoisotopic (exact) mass is 624 g/mol. The molecule has 4 aliphatic carbocycles. The van der Waals surface area contributed by atoms with Crippen molar-refractivity contribution in [3.63, 3.8) is 0 Å². The Morgan fingerprint density at radius 3 is 2.46 bits per heavy atom. The smallest absolute Gasteiger partial charge is 0.307 e. The maximum absolute atomic E-state index is 13.0. The third-order valence-electron chi connectivity index (χ3n) is 11.8. The first-order chi connectivity index (χ1) is 22.4. The third kappa shape index (κ3) is 7.06. The van der Waals surface area contributed by atoms with E-state index in [4.69, 9.17) is 0 Å². The Morgan fingerprint density at radius 2 is 1.70 bits per heavy atom. The molecule has 46 heavy (non-hydrogen) atoms. The van der Waals surface area contributed by atoms with E-state index in [1.165, 1.54) is 48.8 Å². The van der Waals surface area contributed by atoms with Gasteiger partial charge in [-0.2, -0.15) is 0 Å². The van der Waals surface area contributed by atoms with Gasteiger partial charge in [-0.1, -0.05) is 86.4 Å². The average Bonchev–Trinajstić information content (AvgIpc) is 3.52. The number of allylic oxidation sites excluding steroid dienone is 4. The van der Waals surface area contributed by atoms with E-state index >= 15 is 0 Å². The van der Waals surface area contributed by atoms with Gasteiger partial charge < -0.3 is 20.4 Å². The summed E-state index contributed by atoms with van der Waals surface area (Å²) in [6.07, 6.45) is 24.1. The molecule has 4 N–H and O–H groups in total. The molecule has 7 atom stereocenters. The van der Waals surface area contributed by atoms with Gasteiger partial charge in [-0.15, -0.1) is 0 Å². The van der Waals surface area contributed by atoms with E-state index in [0.717, 1.165) is 49.7 Å². The number of fused-ring (bicyclic) bond motifs is 1. The fourth-order valence-electron chi connectivity index (χ4n) is 9.38. The number of aromatic hydroxyl groups is 1. The molecule has 0 amide bonds. The molecular formula is C41H52O5. The van der Waals surface area contributed by atoms with Crippen molar-refractivity contribution in [1.82, 2.24) is 0 Å². The molecule has 0 radical (unpaired) electrons. The molecule has 2 aromatic carbocycles. The predicted molar refractivity (Wildman–Crippen MR) is 184 cm³/mol. The molecule has 2 aromatic rings. The largest absolute Gasteiger partial charge is 0.508 e. The van der Waals surface area contributed by atoms with Crippen LogP contribution in [-0.2, 0) is 16.6 Å². The number of hydrogen-bond donors (Lipinski definition) is 4. The number of benzene rings is 2. The molecule has 0 aliphatic heterocycles. The molecule has 1 spiro atoms. The van der Waals surface area contributed by atoms with Crippen LogP contribution < -0.4 is 0 Å². The number of aliphatic carboxylic acids is 1. The highest BCUT2D eigenvalue weighted by atomic mass is 16.4. The van der Waals surface area contributed by atoms with Crippen molar-refractivity contribution in [1.29, 1.82) is 0 Å². The van der Waals surface area contributed by atoms with Gasteiger partial charge in [0.15, 0.2) is 0 Å². The average molecular weight is 625 g/mol. The van der Waals surface area contributed by atoms with Crippen molar-refractivity contribution in [2.75, 3.05) is 6.61 Å². The summed E-state index contributed by atoms with van der Waals surface area (Å²) in [5.41, 5.74) is 5.21. The molecule has 1 saturated carbocycles. The Bertz CT molecular complexity index is 1440. The summed E-state index contributed by atoms with van der Waals surface area (Å²) in [6.45, 7) is 0.207. The van der Waals surface area contributed by atoms with Crippen LogP contribution in [-0.4, -0.2) is 39.1 Å². The molecule has 5 nitrogen and oxygen atoms in total. The second-order valence-corrected chi connectivity index (χ2v) is 14.6. The summed E-state index contributed by atoms with van der Waals surface area (Å²) in [6, 6.07) is 14.4. The minimum atomic E-state index is -0.772. The second kappa shape index (κ2) is 14.7. The standard InChI is InChI=1S/C41H52O5/c42-27-30-12-11-28(23-30)7-3-1-2-4-8-31-9-5-6-10-38(40(45)46)41-26-36(44)22-19-34(41)18-15-33-14-13-29(25-39(33)41)24-37(31)32-16-20-35(43)21-17-32/h5-6,13-18,20-21,23,25,28,31,34,36-38,42-44H,1-4,7-12,19,22,24,26-27H2,(H,45,46)/t28-,31+,34+,36+,37-,38-,41+/m1/s1. The first-order valence-corrected chi connectivity index (χ1v) is 17.8. The van der Waals surface area contributed by atoms with Gasteiger partial charge in [0, 0.05) is 5.41 Å². The highest BCUT2D eigenvalue weighted by molar-refractivity contribution is 5.75. The van der Waals surface area contributed by atoms with Crippen LogP contribution in [0.15, 0.2) is 72.3 Å². The lowest BCUT2D eigenvalue weighted by molar-refractivity contribution is -0.146. The number of rotatable bonds is 10. The predicted octanol–water partition coefficient (Wildman–Crippen LogP) is 8.48. The number of carbonyl (C=O) groups is 1. The molecule has 0 aromatic heterocycles. The molecule has 246 valence electrons. The van der Waals surface area contributed by atoms with E-state index in [1.807, 2.05) is 0 Å². The number of carboxylic acids is 1. The summed E-state index contributed by atoms with van der Waals surface area (Å²) in [7, 11) is 0. The molecule has 1 fully saturated rings. The summed E-state index contributed by atoms with van der Waals surface area (Å²) < 4.78 is 0. The Kier molecular flexibility index (Phi) is 10.5. The van der Waals surface area contributed by atoms with Crippen LogP contribution in [0.1, 0.15) is 112 Å². The van der Waals surface area contributed by atoms with Crippen molar-refractivity contribution in [3.8, 4) is 5.75 Å². The fourth-order valence-corrected chi connectivity index (χ4v) is 9.38. The molecule has 0 heterocycles. The first kappa shape index (κ1) is 32.8. The molecule has 6 rings (SSSR count). The molecule has 2 bridgehead atoms. The van der Waals surface area contributed by atoms with E-state index in [2.05, 4.69) is 60.7 Å². The van der Waals surface area contributed by atoms with Crippen molar-refractivity contribution in [2.45, 2.75) is 107 Å². The SMILES string of the molecule is O=C(O)[C@H]1CC=CC[C@H](CCCCCC[C@H]2C=C(CO)CC2)[C@H](c2ccc(O)cc2)Cc2ccc3c(c2)[C@]12C[C@@H](O)CC[C@@H]2C=C3. The summed E-state index contributed by atoms with van der Waals surface area (Å²) >= 11 is 0. The Morgan fingerprint density at radius 1 is 0.913 bits per heavy atom. The van der Waals surface area contributed by atoms with Gasteiger partial charge in [-0.25, -0.2) is 0 Å². The topological polar surface area (TPSA) is 98.0 Å². The highest BCUT2D eigenvalue weighted by Gasteiger charge is 2.53. The van der Waals surface area contributed by atoms with E-state index in [-0.39, 0.29) is 24.2 Å². The number of unbranched alkanes of at least 4 members (excludes halogenated alkanes) is 3. The van der Waals surface area contributed by atoms with E-state index in [1.54, 1.807) is 12.1 Å². The molecule has 0 saturated heterocycles. The van der Waals surface area contributed by atoms with Gasteiger partial charge in [0.05, 0.1) is 18.6 Å². The quantitative estimate of drug-likeness (QED) is 0.157. The second-order valence-electron chi connectivity index (χ2n) is 14.6. The minimum absolute atomic E-state index is 0.0955. The number of aliphatic hydroxyl groups is 2. The van der Waals surface area contributed by atoms with E-state index in [0.29, 0.717) is 31.1 Å². The zero-order chi connectivity index (χ0) is 32.1. The lowest BCUT2D eigenvalue weighted by atomic mass is 9.52. The van der Waals surface area contributed by atoms with Crippen molar-refractivity contribution in [2.24, 2.45) is 23.7 Å². The zero-order valence-corrected chi connectivity index (χ0v) is 27.2. The number of phenols is 1. The fraction of sp³-hybridized carbons (Fsp3) is 0.537. The molecule has 0 unspecified atom stereocenters. The minimum Gasteiger partial charge on any atom is -0.508 e. The Balaban J connectivity index is 1.26. The van der Waals surface area contributed by atoms with Gasteiger partial charge in [0.2, 0.25) is 0 Å². The highest BCUT2D eigenvalue weighted by Crippen LogP contribution is 2.55. The summed E-state index contributed by atoms with van der Waals surface area (Å²) in [5.74, 6) is 0.288. The number of aliphatic hydroxyl groups excluding tert-OH is 2.